The molecule has 0 spiro atoms. The van der Waals surface area contributed by atoms with Crippen molar-refractivity contribution in [3.63, 3.8) is 0 Å². The zero-order chi connectivity index (χ0) is 20.4. The van der Waals surface area contributed by atoms with Gasteiger partial charge in [-0.2, -0.15) is 5.10 Å². The highest BCUT2D eigenvalue weighted by molar-refractivity contribution is 8.00. The largest absolute Gasteiger partial charge is 0.325 e. The van der Waals surface area contributed by atoms with Crippen LogP contribution in [0.3, 0.4) is 0 Å². The van der Waals surface area contributed by atoms with Crippen molar-refractivity contribution in [2.45, 2.75) is 25.8 Å². The van der Waals surface area contributed by atoms with Crippen LogP contribution in [0.4, 0.5) is 5.69 Å². The molecule has 1 N–H and O–H groups in total. The first-order valence-corrected chi connectivity index (χ1v) is 10.4. The van der Waals surface area contributed by atoms with Crippen molar-refractivity contribution in [1.82, 2.24) is 14.6 Å². The lowest BCUT2D eigenvalue weighted by molar-refractivity contribution is -0.113. The van der Waals surface area contributed by atoms with Crippen LogP contribution in [-0.2, 0) is 4.79 Å². The summed E-state index contributed by atoms with van der Waals surface area (Å²) >= 11 is 1.41. The smallest absolute Gasteiger partial charge is 0.234 e. The minimum absolute atomic E-state index is 0.0587. The zero-order valence-corrected chi connectivity index (χ0v) is 17.5. The first-order chi connectivity index (χ1) is 14.0. The Morgan fingerprint density at radius 1 is 1.03 bits per heavy atom. The Labute approximate surface area is 174 Å². The summed E-state index contributed by atoms with van der Waals surface area (Å²) in [7, 11) is 0. The van der Waals surface area contributed by atoms with Gasteiger partial charge in [0.15, 0.2) is 0 Å². The van der Waals surface area contributed by atoms with Crippen molar-refractivity contribution in [3.05, 3.63) is 77.6 Å². The van der Waals surface area contributed by atoms with Gasteiger partial charge in [-0.15, -0.1) is 0 Å². The van der Waals surface area contributed by atoms with E-state index in [0.29, 0.717) is 0 Å². The minimum atomic E-state index is -0.0587. The third-order valence-corrected chi connectivity index (χ3v) is 5.83. The molecule has 2 aromatic heterocycles. The van der Waals surface area contributed by atoms with E-state index in [1.165, 1.54) is 22.9 Å². The number of fused-ring (bicyclic) bond motifs is 1. The van der Waals surface area contributed by atoms with Crippen molar-refractivity contribution < 1.29 is 4.79 Å². The third-order valence-electron chi connectivity index (χ3n) is 4.83. The molecule has 0 atom stereocenters. The lowest BCUT2D eigenvalue weighted by Crippen LogP contribution is -2.14. The first kappa shape index (κ1) is 19.2. The molecule has 4 rings (SSSR count). The van der Waals surface area contributed by atoms with Gasteiger partial charge in [0, 0.05) is 23.6 Å². The van der Waals surface area contributed by atoms with Crippen molar-refractivity contribution in [3.8, 4) is 11.3 Å². The number of carbonyl (C=O) groups excluding carboxylic acids is 1. The molecule has 146 valence electrons. The van der Waals surface area contributed by atoms with Gasteiger partial charge in [0.25, 0.3) is 0 Å². The maximum absolute atomic E-state index is 12.3. The predicted octanol–water partition coefficient (Wildman–Crippen LogP) is 5.05. The molecule has 0 saturated heterocycles. The number of aromatic nitrogens is 3. The van der Waals surface area contributed by atoms with Crippen LogP contribution in [-0.4, -0.2) is 26.3 Å². The van der Waals surface area contributed by atoms with E-state index in [1.54, 1.807) is 6.20 Å². The Morgan fingerprint density at radius 3 is 2.59 bits per heavy atom. The Kier molecular flexibility index (Phi) is 5.36. The second kappa shape index (κ2) is 8.09. The second-order valence-electron chi connectivity index (χ2n) is 7.09. The van der Waals surface area contributed by atoms with Crippen molar-refractivity contribution in [1.29, 1.82) is 0 Å². The molecule has 5 nitrogen and oxygen atoms in total. The molecule has 0 unspecified atom stereocenters. The summed E-state index contributed by atoms with van der Waals surface area (Å²) in [5, 5.41) is 8.39. The topological polar surface area (TPSA) is 59.3 Å². The van der Waals surface area contributed by atoms with Crippen molar-refractivity contribution >= 4 is 28.9 Å². The number of hydrogen-bond acceptors (Lipinski definition) is 4. The van der Waals surface area contributed by atoms with E-state index in [1.807, 2.05) is 48.0 Å². The number of amides is 1. The molecular formula is C23H22N4OS. The SMILES string of the molecule is Cc1ccc(NC(=O)CSc2nccn3nc(-c4ccc(C)c(C)c4)cc23)cc1. The predicted molar refractivity (Wildman–Crippen MR) is 118 cm³/mol. The van der Waals surface area contributed by atoms with Crippen molar-refractivity contribution in [2.24, 2.45) is 0 Å². The molecule has 1 amide bonds. The normalized spacial score (nSPS) is 11.0. The van der Waals surface area contributed by atoms with E-state index in [4.69, 9.17) is 0 Å². The van der Waals surface area contributed by atoms with Crippen LogP contribution in [0.25, 0.3) is 16.8 Å². The van der Waals surface area contributed by atoms with Crippen LogP contribution in [0, 0.1) is 20.8 Å². The van der Waals surface area contributed by atoms with Gasteiger partial charge in [0.05, 0.1) is 17.0 Å². The molecule has 6 heteroatoms. The highest BCUT2D eigenvalue weighted by Gasteiger charge is 2.12. The van der Waals surface area contributed by atoms with Crippen LogP contribution in [0.5, 0.6) is 0 Å². The van der Waals surface area contributed by atoms with E-state index in [0.717, 1.165) is 33.1 Å². The summed E-state index contributed by atoms with van der Waals surface area (Å²) in [6.07, 6.45) is 3.54. The monoisotopic (exact) mass is 402 g/mol. The van der Waals surface area contributed by atoms with Crippen LogP contribution in [0.2, 0.25) is 0 Å². The molecule has 0 saturated carbocycles. The third kappa shape index (κ3) is 4.32. The number of nitrogens with zero attached hydrogens (tertiary/aromatic N) is 3. The standard InChI is InChI=1S/C23H22N4OS/c1-15-4-8-19(9-5-15)25-22(28)14-29-23-21-13-20(26-27(21)11-10-24-23)18-7-6-16(2)17(3)12-18/h4-13H,14H2,1-3H3,(H,25,28). The number of aryl methyl sites for hydroxylation is 3. The number of benzene rings is 2. The fourth-order valence-corrected chi connectivity index (χ4v) is 3.79. The molecule has 0 aliphatic rings. The van der Waals surface area contributed by atoms with Crippen molar-refractivity contribution in [2.75, 3.05) is 11.1 Å². The van der Waals surface area contributed by atoms with Gasteiger partial charge in [0.1, 0.15) is 5.03 Å². The zero-order valence-electron chi connectivity index (χ0n) is 16.6. The van der Waals surface area contributed by atoms with Gasteiger partial charge in [-0.3, -0.25) is 4.79 Å². The Bertz CT molecular complexity index is 1180. The van der Waals surface area contributed by atoms with Crippen LogP contribution in [0.1, 0.15) is 16.7 Å². The first-order valence-electron chi connectivity index (χ1n) is 9.41. The highest BCUT2D eigenvalue weighted by Crippen LogP contribution is 2.27. The fraction of sp³-hybridized carbons (Fsp3) is 0.174. The molecule has 2 aromatic carbocycles. The van der Waals surface area contributed by atoms with E-state index in [-0.39, 0.29) is 11.7 Å². The summed E-state index contributed by atoms with van der Waals surface area (Å²) in [4.78, 5) is 16.8. The molecule has 0 bridgehead atoms. The summed E-state index contributed by atoms with van der Waals surface area (Å²) in [5.74, 6) is 0.224. The molecule has 29 heavy (non-hydrogen) atoms. The lowest BCUT2D eigenvalue weighted by atomic mass is 10.0. The maximum Gasteiger partial charge on any atom is 0.234 e. The van der Waals surface area contributed by atoms with E-state index < -0.39 is 0 Å². The molecule has 2 heterocycles. The summed E-state index contributed by atoms with van der Waals surface area (Å²) < 4.78 is 1.82. The molecule has 0 fully saturated rings. The van der Waals surface area contributed by atoms with E-state index >= 15 is 0 Å². The van der Waals surface area contributed by atoms with Gasteiger partial charge in [-0.25, -0.2) is 9.50 Å². The van der Waals surface area contributed by atoms with Crippen LogP contribution in [0.15, 0.2) is 66.0 Å². The minimum Gasteiger partial charge on any atom is -0.325 e. The summed E-state index contributed by atoms with van der Waals surface area (Å²) in [6.45, 7) is 6.22. The second-order valence-corrected chi connectivity index (χ2v) is 8.06. The Hall–Kier alpha value is -3.12. The average molecular weight is 403 g/mol. The highest BCUT2D eigenvalue weighted by atomic mass is 32.2. The van der Waals surface area contributed by atoms with E-state index in [2.05, 4.69) is 47.4 Å². The fourth-order valence-electron chi connectivity index (χ4n) is 3.02. The maximum atomic E-state index is 12.3. The van der Waals surface area contributed by atoms with Gasteiger partial charge >= 0.3 is 0 Å². The van der Waals surface area contributed by atoms with Gasteiger partial charge < -0.3 is 5.32 Å². The number of thioether (sulfide) groups is 1. The van der Waals surface area contributed by atoms with Gasteiger partial charge in [0.2, 0.25) is 5.91 Å². The van der Waals surface area contributed by atoms with E-state index in [9.17, 15) is 4.79 Å². The average Bonchev–Trinajstić information content (AvgIpc) is 3.15. The number of hydrogen-bond donors (Lipinski definition) is 1. The number of nitrogens with one attached hydrogen (secondary N) is 1. The molecule has 4 aromatic rings. The van der Waals surface area contributed by atoms with Gasteiger partial charge in [-0.1, -0.05) is 41.6 Å². The molecule has 0 radical (unpaired) electrons. The number of anilines is 1. The molecule has 0 aliphatic heterocycles. The quantitative estimate of drug-likeness (QED) is 0.475. The molecular weight excluding hydrogens is 380 g/mol. The molecule has 0 aliphatic carbocycles. The number of carbonyl (C=O) groups is 1. The Morgan fingerprint density at radius 2 is 1.83 bits per heavy atom. The van der Waals surface area contributed by atoms with Gasteiger partial charge in [-0.05, 0) is 56.2 Å². The Balaban J connectivity index is 1.51. The summed E-state index contributed by atoms with van der Waals surface area (Å²) in [6, 6.07) is 16.1. The summed E-state index contributed by atoms with van der Waals surface area (Å²) in [5.41, 5.74) is 7.32. The van der Waals surface area contributed by atoms with Crippen LogP contribution >= 0.6 is 11.8 Å². The number of rotatable bonds is 5. The van der Waals surface area contributed by atoms with Crippen LogP contribution < -0.4 is 5.32 Å². The lowest BCUT2D eigenvalue weighted by Gasteiger charge is -2.06.